The Morgan fingerprint density at radius 3 is 2.09 bits per heavy atom. The Bertz CT molecular complexity index is 1890. The van der Waals surface area contributed by atoms with E-state index in [9.17, 15) is 38.7 Å². The Balaban J connectivity index is 1.37. The highest BCUT2D eigenvalue weighted by atomic mass is 32.2. The van der Waals surface area contributed by atoms with Crippen molar-refractivity contribution in [3.05, 3.63) is 71.9 Å². The van der Waals surface area contributed by atoms with Crippen LogP contribution in [0.15, 0.2) is 60.8 Å². The molecule has 2 aromatic carbocycles. The second-order valence-corrected chi connectivity index (χ2v) is 15.3. The van der Waals surface area contributed by atoms with E-state index < -0.39 is 66.2 Å². The van der Waals surface area contributed by atoms with Crippen molar-refractivity contribution in [2.24, 2.45) is 11.7 Å². The first-order valence-corrected chi connectivity index (χ1v) is 20.1. The van der Waals surface area contributed by atoms with Gasteiger partial charge in [-0.25, -0.2) is 0 Å². The summed E-state index contributed by atoms with van der Waals surface area (Å²) in [4.78, 5) is 95.0. The predicted molar refractivity (Wildman–Crippen MR) is 210 cm³/mol. The zero-order valence-corrected chi connectivity index (χ0v) is 32.0. The molecule has 5 rings (SSSR count). The van der Waals surface area contributed by atoms with Crippen molar-refractivity contribution in [1.29, 1.82) is 0 Å². The summed E-state index contributed by atoms with van der Waals surface area (Å²) in [6, 6.07) is 11.7. The van der Waals surface area contributed by atoms with Gasteiger partial charge in [-0.3, -0.25) is 33.6 Å². The smallest absolute Gasteiger partial charge is 0.322 e. The molecule has 1 aromatic heterocycles. The number of aromatic amines is 1. The van der Waals surface area contributed by atoms with Gasteiger partial charge in [0.2, 0.25) is 35.4 Å². The van der Waals surface area contributed by atoms with Gasteiger partial charge in [0.15, 0.2) is 0 Å². The zero-order chi connectivity index (χ0) is 40.2. The fraction of sp³-hybridized carbons (Fsp3) is 0.462. The number of amides is 6. The van der Waals surface area contributed by atoms with E-state index in [4.69, 9.17) is 5.73 Å². The van der Waals surface area contributed by atoms with Gasteiger partial charge in [-0.1, -0.05) is 48.5 Å². The first-order chi connectivity index (χ1) is 26.9. The Morgan fingerprint density at radius 1 is 0.804 bits per heavy atom. The summed E-state index contributed by atoms with van der Waals surface area (Å²) in [7, 11) is 0. The highest BCUT2D eigenvalue weighted by molar-refractivity contribution is 7.98. The SMILES string of the molecule is CSCC[C@H](NC(=O)[C@@H]1C[C@H]2CC[C@@H]1N2)C(=O)N[C@@H](CCC(N)=O)C(=O)N[C@@H](Cc1c[nH]c2ccccc12)C(=O)N[C@@H](Cc1ccccc1)C(=O)NCC(=O)O. The number of nitrogens with one attached hydrogen (secondary N) is 7. The number of aromatic nitrogens is 1. The number of carbonyl (C=O) groups is 7. The highest BCUT2D eigenvalue weighted by Gasteiger charge is 2.43. The molecule has 2 saturated heterocycles. The van der Waals surface area contributed by atoms with Crippen LogP contribution in [0.5, 0.6) is 0 Å². The van der Waals surface area contributed by atoms with Crippen molar-refractivity contribution in [3.63, 3.8) is 0 Å². The Morgan fingerprint density at radius 2 is 1.45 bits per heavy atom. The van der Waals surface area contributed by atoms with E-state index in [0.29, 0.717) is 23.3 Å². The lowest BCUT2D eigenvalue weighted by molar-refractivity contribution is -0.138. The monoisotopic (exact) mass is 790 g/mol. The maximum atomic E-state index is 14.2. The molecule has 2 fully saturated rings. The molecule has 3 heterocycles. The first kappa shape index (κ1) is 41.7. The van der Waals surface area contributed by atoms with Crippen LogP contribution in [0.25, 0.3) is 10.9 Å². The third kappa shape index (κ3) is 11.6. The van der Waals surface area contributed by atoms with E-state index in [2.05, 4.69) is 36.9 Å². The summed E-state index contributed by atoms with van der Waals surface area (Å²) in [5.41, 5.74) is 7.60. The molecule has 7 atom stereocenters. The molecule has 0 saturated carbocycles. The number of benzene rings is 2. The molecule has 2 aliphatic heterocycles. The number of hydrogen-bond donors (Lipinski definition) is 9. The molecule has 16 nitrogen and oxygen atoms in total. The van der Waals surface area contributed by atoms with Crippen molar-refractivity contribution in [2.45, 2.75) is 87.6 Å². The maximum Gasteiger partial charge on any atom is 0.322 e. The van der Waals surface area contributed by atoms with Crippen LogP contribution in [-0.4, -0.2) is 106 Å². The van der Waals surface area contributed by atoms with Gasteiger partial charge in [0, 0.05) is 48.4 Å². The Kier molecular flexibility index (Phi) is 14.9. The minimum atomic E-state index is -1.33. The first-order valence-electron chi connectivity index (χ1n) is 18.7. The lowest BCUT2D eigenvalue weighted by Gasteiger charge is -2.27. The average molecular weight is 791 g/mol. The van der Waals surface area contributed by atoms with Gasteiger partial charge in [-0.05, 0) is 61.3 Å². The minimum Gasteiger partial charge on any atom is -0.480 e. The van der Waals surface area contributed by atoms with Crippen LogP contribution < -0.4 is 37.6 Å². The van der Waals surface area contributed by atoms with Crippen LogP contribution in [0.4, 0.5) is 0 Å². The van der Waals surface area contributed by atoms with Crippen molar-refractivity contribution in [2.75, 3.05) is 18.6 Å². The third-order valence-corrected chi connectivity index (χ3v) is 10.9. The van der Waals surface area contributed by atoms with Crippen LogP contribution in [-0.2, 0) is 46.4 Å². The summed E-state index contributed by atoms with van der Waals surface area (Å²) in [5, 5.41) is 26.8. The molecule has 0 aliphatic carbocycles. The molecular formula is C39H50N8O8S. The van der Waals surface area contributed by atoms with Gasteiger partial charge in [0.1, 0.15) is 30.7 Å². The fourth-order valence-electron chi connectivity index (χ4n) is 7.34. The van der Waals surface area contributed by atoms with Crippen LogP contribution in [0.1, 0.15) is 49.7 Å². The lowest BCUT2D eigenvalue weighted by atomic mass is 9.88. The van der Waals surface area contributed by atoms with Crippen LogP contribution in [0, 0.1) is 5.92 Å². The number of hydrogen-bond acceptors (Lipinski definition) is 9. The second-order valence-electron chi connectivity index (χ2n) is 14.3. The average Bonchev–Trinajstić information content (AvgIpc) is 3.93. The number of rotatable bonds is 21. The molecule has 0 unspecified atom stereocenters. The van der Waals surface area contributed by atoms with E-state index in [-0.39, 0.29) is 56.0 Å². The minimum absolute atomic E-state index is 0.0184. The van der Waals surface area contributed by atoms with Crippen molar-refractivity contribution in [3.8, 4) is 0 Å². The Labute approximate surface area is 328 Å². The van der Waals surface area contributed by atoms with Gasteiger partial charge < -0.3 is 47.7 Å². The number of carbonyl (C=O) groups excluding carboxylic acids is 6. The molecule has 17 heteroatoms. The molecule has 0 spiro atoms. The number of thioether (sulfide) groups is 1. The molecule has 300 valence electrons. The number of primary amides is 1. The van der Waals surface area contributed by atoms with Crippen molar-refractivity contribution < 1.29 is 38.7 Å². The summed E-state index contributed by atoms with van der Waals surface area (Å²) in [6.07, 6.45) is 5.95. The van der Waals surface area contributed by atoms with Crippen molar-refractivity contribution >= 4 is 64.1 Å². The molecule has 10 N–H and O–H groups in total. The number of H-pyrrole nitrogens is 1. The van der Waals surface area contributed by atoms with E-state index >= 15 is 0 Å². The zero-order valence-electron chi connectivity index (χ0n) is 31.2. The van der Waals surface area contributed by atoms with E-state index in [1.807, 2.05) is 30.5 Å². The summed E-state index contributed by atoms with van der Waals surface area (Å²) < 4.78 is 0. The quantitative estimate of drug-likeness (QED) is 0.0712. The lowest BCUT2D eigenvalue weighted by Crippen LogP contribution is -2.59. The molecule has 3 aromatic rings. The number of fused-ring (bicyclic) bond motifs is 3. The van der Waals surface area contributed by atoms with E-state index in [0.717, 1.165) is 23.7 Å². The number of aliphatic carboxylic acids is 1. The molecule has 2 bridgehead atoms. The second kappa shape index (κ2) is 20.0. The van der Waals surface area contributed by atoms with E-state index in [1.165, 1.54) is 11.8 Å². The summed E-state index contributed by atoms with van der Waals surface area (Å²) in [6.45, 7) is -0.673. The largest absolute Gasteiger partial charge is 0.480 e. The van der Waals surface area contributed by atoms with Crippen molar-refractivity contribution in [1.82, 2.24) is 36.9 Å². The van der Waals surface area contributed by atoms with Gasteiger partial charge in [0.25, 0.3) is 0 Å². The van der Waals surface area contributed by atoms with Gasteiger partial charge in [-0.15, -0.1) is 0 Å². The third-order valence-electron chi connectivity index (χ3n) is 10.3. The van der Waals surface area contributed by atoms with Crippen LogP contribution in [0.3, 0.4) is 0 Å². The van der Waals surface area contributed by atoms with Crippen LogP contribution in [0.2, 0.25) is 0 Å². The molecule has 6 amide bonds. The molecule has 2 aliphatic rings. The van der Waals surface area contributed by atoms with Gasteiger partial charge in [-0.2, -0.15) is 11.8 Å². The topological polar surface area (TPSA) is 254 Å². The molecule has 56 heavy (non-hydrogen) atoms. The maximum absolute atomic E-state index is 14.2. The highest BCUT2D eigenvalue weighted by Crippen LogP contribution is 2.33. The van der Waals surface area contributed by atoms with E-state index in [1.54, 1.807) is 36.5 Å². The normalized spacial score (nSPS) is 19.3. The standard InChI is InChI=1S/C39H50N8O8S/c1-56-16-15-30(44-35(51)26-19-24-11-12-28(26)43-24)38(54)45-29(13-14-33(40)48)37(53)47-32(18-23-20-41-27-10-6-5-9-25(23)27)39(55)46-31(36(52)42-21-34(49)50)17-22-7-3-2-4-8-22/h2-10,20,24,26,28-32,41,43H,11-19,21H2,1H3,(H2,40,48)(H,42,52)(H,44,51)(H,45,54)(H,46,55)(H,47,53)(H,49,50)/t24-,26-,28+,29+,30+,31+,32+/m1/s1. The summed E-state index contributed by atoms with van der Waals surface area (Å²) in [5.74, 6) is -4.85. The molecular weight excluding hydrogens is 741 g/mol. The number of carboxylic acid groups (broad SMARTS) is 1. The number of carboxylic acids is 1. The summed E-state index contributed by atoms with van der Waals surface area (Å²) >= 11 is 1.49. The van der Waals surface area contributed by atoms with Crippen LogP contribution >= 0.6 is 11.8 Å². The predicted octanol–water partition coefficient (Wildman–Crippen LogP) is 0.252. The Hall–Kier alpha value is -5.42. The number of para-hydroxylation sites is 1. The fourth-order valence-corrected chi connectivity index (χ4v) is 7.82. The molecule has 0 radical (unpaired) electrons. The van der Waals surface area contributed by atoms with Gasteiger partial charge >= 0.3 is 5.97 Å². The van der Waals surface area contributed by atoms with Gasteiger partial charge in [0.05, 0.1) is 5.92 Å². The number of nitrogens with two attached hydrogens (primary N) is 1.